The van der Waals surface area contributed by atoms with E-state index in [9.17, 15) is 9.59 Å². The van der Waals surface area contributed by atoms with Gasteiger partial charge in [-0.2, -0.15) is 0 Å². The van der Waals surface area contributed by atoms with E-state index in [0.29, 0.717) is 11.3 Å². The van der Waals surface area contributed by atoms with Gasteiger partial charge in [-0.25, -0.2) is 4.99 Å². The molecule has 0 aromatic heterocycles. The van der Waals surface area contributed by atoms with Crippen LogP contribution in [0.2, 0.25) is 0 Å². The average molecular weight is 255 g/mol. The Balaban J connectivity index is 1.64. The van der Waals surface area contributed by atoms with Crippen LogP contribution in [0.5, 0.6) is 0 Å². The fourth-order valence-corrected chi connectivity index (χ4v) is 3.11. The Morgan fingerprint density at radius 2 is 1.68 bits per heavy atom. The lowest BCUT2D eigenvalue weighted by Crippen LogP contribution is -2.40. The Hall–Kier alpha value is -1.77. The van der Waals surface area contributed by atoms with Gasteiger partial charge in [-0.15, -0.1) is 0 Å². The summed E-state index contributed by atoms with van der Waals surface area (Å²) in [7, 11) is 0. The summed E-state index contributed by atoms with van der Waals surface area (Å²) < 4.78 is 0. The fraction of sp³-hybridized carbons (Fsp3) is 0.438. The highest BCUT2D eigenvalue weighted by Crippen LogP contribution is 2.48. The summed E-state index contributed by atoms with van der Waals surface area (Å²) in [5.74, 6) is 0.247. The highest BCUT2D eigenvalue weighted by Gasteiger charge is 2.44. The number of nitrogens with zero attached hydrogens (tertiary/aromatic N) is 1. The Labute approximate surface area is 112 Å². The molecule has 1 spiro atoms. The molecule has 0 bridgehead atoms. The topological polar surface area (TPSA) is 46.5 Å². The Morgan fingerprint density at radius 1 is 1.05 bits per heavy atom. The third-order valence-corrected chi connectivity index (χ3v) is 4.31. The second kappa shape index (κ2) is 4.72. The largest absolute Gasteiger partial charge is 0.300 e. The van der Waals surface area contributed by atoms with Crippen LogP contribution in [0.25, 0.3) is 0 Å². The normalized spacial score (nSPS) is 21.1. The Kier molecular flexibility index (Phi) is 3.05. The molecule has 0 saturated heterocycles. The zero-order valence-corrected chi connectivity index (χ0v) is 10.9. The van der Waals surface area contributed by atoms with E-state index in [2.05, 4.69) is 4.99 Å². The minimum atomic E-state index is -0.142. The molecule has 0 N–H and O–H groups in total. The molecule has 19 heavy (non-hydrogen) atoms. The summed E-state index contributed by atoms with van der Waals surface area (Å²) in [4.78, 5) is 27.3. The smallest absolute Gasteiger partial charge is 0.276 e. The van der Waals surface area contributed by atoms with Gasteiger partial charge in [-0.05, 0) is 43.2 Å². The van der Waals surface area contributed by atoms with Crippen LogP contribution in [0.4, 0.5) is 0 Å². The second-order valence-corrected chi connectivity index (χ2v) is 5.74. The molecule has 0 unspecified atom stereocenters. The van der Waals surface area contributed by atoms with Gasteiger partial charge in [0.05, 0.1) is 0 Å². The summed E-state index contributed by atoms with van der Waals surface area (Å²) in [6.45, 7) is 0. The van der Waals surface area contributed by atoms with Crippen molar-refractivity contribution in [3.8, 4) is 0 Å². The van der Waals surface area contributed by atoms with Crippen LogP contribution in [0.15, 0.2) is 35.3 Å². The van der Waals surface area contributed by atoms with Gasteiger partial charge in [-0.1, -0.05) is 18.2 Å². The molecule has 3 heteroatoms. The molecule has 1 aromatic carbocycles. The summed E-state index contributed by atoms with van der Waals surface area (Å²) in [5, 5.41) is 0. The monoisotopic (exact) mass is 255 g/mol. The van der Waals surface area contributed by atoms with Crippen molar-refractivity contribution in [2.75, 3.05) is 0 Å². The van der Waals surface area contributed by atoms with E-state index in [1.165, 1.54) is 0 Å². The van der Waals surface area contributed by atoms with Crippen LogP contribution in [0.3, 0.4) is 0 Å². The molecule has 0 atom stereocenters. The van der Waals surface area contributed by atoms with Crippen molar-refractivity contribution in [3.05, 3.63) is 35.9 Å². The van der Waals surface area contributed by atoms with E-state index in [1.807, 2.05) is 18.2 Å². The first-order valence-corrected chi connectivity index (χ1v) is 6.84. The van der Waals surface area contributed by atoms with Gasteiger partial charge in [0, 0.05) is 24.1 Å². The molecule has 2 fully saturated rings. The summed E-state index contributed by atoms with van der Waals surface area (Å²) in [6, 6.07) is 9.18. The number of benzene rings is 1. The number of aliphatic imine (C=N–C) groups is 1. The zero-order chi connectivity index (χ0) is 13.3. The SMILES string of the molecule is O=C1CC2(CCC(=NC(=O)c3ccccc3)CC2)C1. The molecule has 0 heterocycles. The maximum absolute atomic E-state index is 12.0. The van der Waals surface area contributed by atoms with Crippen molar-refractivity contribution < 1.29 is 9.59 Å². The van der Waals surface area contributed by atoms with E-state index in [-0.39, 0.29) is 11.3 Å². The van der Waals surface area contributed by atoms with Crippen LogP contribution >= 0.6 is 0 Å². The predicted octanol–water partition coefficient (Wildman–Crippen LogP) is 3.19. The molecule has 2 aliphatic rings. The molecular weight excluding hydrogens is 238 g/mol. The molecular formula is C16H17NO2. The van der Waals surface area contributed by atoms with Crippen molar-refractivity contribution >= 4 is 17.4 Å². The number of hydrogen-bond donors (Lipinski definition) is 0. The van der Waals surface area contributed by atoms with Gasteiger partial charge in [-0.3, -0.25) is 9.59 Å². The molecule has 3 rings (SSSR count). The van der Waals surface area contributed by atoms with Crippen LogP contribution in [-0.2, 0) is 4.79 Å². The van der Waals surface area contributed by atoms with Gasteiger partial charge in [0.1, 0.15) is 5.78 Å². The minimum Gasteiger partial charge on any atom is -0.300 e. The first-order valence-electron chi connectivity index (χ1n) is 6.84. The molecule has 2 aliphatic carbocycles. The summed E-state index contributed by atoms with van der Waals surface area (Å²) in [6.07, 6.45) is 5.25. The van der Waals surface area contributed by atoms with Crippen LogP contribution in [0, 0.1) is 5.41 Å². The highest BCUT2D eigenvalue weighted by molar-refractivity contribution is 6.04. The first-order chi connectivity index (χ1) is 9.17. The van der Waals surface area contributed by atoms with E-state index in [4.69, 9.17) is 0 Å². The highest BCUT2D eigenvalue weighted by atomic mass is 16.1. The summed E-state index contributed by atoms with van der Waals surface area (Å²) in [5.41, 5.74) is 1.90. The van der Waals surface area contributed by atoms with Gasteiger partial charge < -0.3 is 0 Å². The quantitative estimate of drug-likeness (QED) is 0.773. The number of carbonyl (C=O) groups excluding carboxylic acids is 2. The molecule has 1 aromatic rings. The van der Waals surface area contributed by atoms with Crippen molar-refractivity contribution in [3.63, 3.8) is 0 Å². The average Bonchev–Trinajstić information content (AvgIpc) is 2.41. The number of ketones is 1. The molecule has 3 nitrogen and oxygen atoms in total. The molecule has 0 aliphatic heterocycles. The third kappa shape index (κ3) is 2.50. The third-order valence-electron chi connectivity index (χ3n) is 4.31. The zero-order valence-electron chi connectivity index (χ0n) is 10.9. The van der Waals surface area contributed by atoms with E-state index >= 15 is 0 Å². The van der Waals surface area contributed by atoms with Gasteiger partial charge in [0.25, 0.3) is 5.91 Å². The number of carbonyl (C=O) groups is 2. The molecule has 1 amide bonds. The minimum absolute atomic E-state index is 0.142. The predicted molar refractivity (Wildman–Crippen MR) is 73.3 cm³/mol. The Bertz CT molecular complexity index is 525. The Morgan fingerprint density at radius 3 is 2.26 bits per heavy atom. The lowest BCUT2D eigenvalue weighted by molar-refractivity contribution is -0.133. The fourth-order valence-electron chi connectivity index (χ4n) is 3.11. The number of amides is 1. The van der Waals surface area contributed by atoms with Crippen molar-refractivity contribution in [2.24, 2.45) is 10.4 Å². The van der Waals surface area contributed by atoms with Crippen molar-refractivity contribution in [1.82, 2.24) is 0 Å². The number of rotatable bonds is 1. The van der Waals surface area contributed by atoms with Crippen molar-refractivity contribution in [2.45, 2.75) is 38.5 Å². The van der Waals surface area contributed by atoms with Gasteiger partial charge in [0.15, 0.2) is 0 Å². The van der Waals surface area contributed by atoms with Gasteiger partial charge in [0.2, 0.25) is 0 Å². The first kappa shape index (κ1) is 12.3. The standard InChI is InChI=1S/C16H17NO2/c18-14-10-16(11-14)8-6-13(7-9-16)17-15(19)12-4-2-1-3-5-12/h1-5H,6-11H2. The van der Waals surface area contributed by atoms with Gasteiger partial charge >= 0.3 is 0 Å². The number of Topliss-reactive ketones (excluding diaryl/α,β-unsaturated/α-hetero) is 1. The summed E-state index contributed by atoms with van der Waals surface area (Å²) >= 11 is 0. The molecule has 0 radical (unpaired) electrons. The maximum Gasteiger partial charge on any atom is 0.276 e. The molecule has 2 saturated carbocycles. The lowest BCUT2D eigenvalue weighted by atomic mass is 9.60. The van der Waals surface area contributed by atoms with Crippen LogP contribution < -0.4 is 0 Å². The lowest BCUT2D eigenvalue weighted by Gasteiger charge is -2.43. The van der Waals surface area contributed by atoms with Crippen molar-refractivity contribution in [1.29, 1.82) is 0 Å². The maximum atomic E-state index is 12.0. The molecule has 98 valence electrons. The number of hydrogen-bond acceptors (Lipinski definition) is 2. The van der Waals surface area contributed by atoms with Crippen LogP contribution in [-0.4, -0.2) is 17.4 Å². The van der Waals surface area contributed by atoms with E-state index in [0.717, 1.165) is 44.2 Å². The van der Waals surface area contributed by atoms with E-state index < -0.39 is 0 Å². The second-order valence-electron chi connectivity index (χ2n) is 5.74. The van der Waals surface area contributed by atoms with E-state index in [1.54, 1.807) is 12.1 Å². The van der Waals surface area contributed by atoms with Crippen LogP contribution in [0.1, 0.15) is 48.9 Å².